The number of rotatable bonds is 1. The molecule has 1 aromatic rings. The first kappa shape index (κ1) is 10.6. The number of hydrogen-bond acceptors (Lipinski definition) is 3. The molecule has 0 saturated heterocycles. The highest BCUT2D eigenvalue weighted by Gasteiger charge is 2.16. The second-order valence-corrected chi connectivity index (χ2v) is 4.26. The lowest BCUT2D eigenvalue weighted by Gasteiger charge is -2.19. The summed E-state index contributed by atoms with van der Waals surface area (Å²) in [5, 5.41) is 10.4. The van der Waals surface area contributed by atoms with E-state index in [0.717, 1.165) is 5.69 Å². The Labute approximate surface area is 83.7 Å². The molecule has 0 aromatic carbocycles. The zero-order valence-corrected chi connectivity index (χ0v) is 8.96. The first-order chi connectivity index (χ1) is 6.38. The van der Waals surface area contributed by atoms with Gasteiger partial charge in [0.2, 0.25) is 0 Å². The first-order valence-electron chi connectivity index (χ1n) is 4.51. The van der Waals surface area contributed by atoms with Crippen LogP contribution in [0.25, 0.3) is 0 Å². The molecular weight excluding hydrogens is 178 g/mol. The Morgan fingerprint density at radius 2 is 1.93 bits per heavy atom. The highest BCUT2D eigenvalue weighted by Crippen LogP contribution is 2.02. The van der Waals surface area contributed by atoms with E-state index < -0.39 is 0 Å². The third-order valence-corrected chi connectivity index (χ3v) is 1.52. The van der Waals surface area contributed by atoms with Gasteiger partial charge in [-0.15, -0.1) is 5.10 Å². The molecule has 0 saturated carbocycles. The lowest BCUT2D eigenvalue weighted by molar-refractivity contribution is 0.0913. The number of carbonyl (C=O) groups is 1. The van der Waals surface area contributed by atoms with Gasteiger partial charge in [-0.2, -0.15) is 5.10 Å². The van der Waals surface area contributed by atoms with Crippen LogP contribution < -0.4 is 5.32 Å². The molecule has 4 heteroatoms. The van der Waals surface area contributed by atoms with Gasteiger partial charge in [0.1, 0.15) is 0 Å². The van der Waals surface area contributed by atoms with Crippen LogP contribution in [-0.2, 0) is 0 Å². The molecule has 0 aliphatic rings. The first-order valence-corrected chi connectivity index (χ1v) is 4.51. The number of nitrogens with zero attached hydrogens (tertiary/aromatic N) is 2. The van der Waals surface area contributed by atoms with Gasteiger partial charge in [-0.25, -0.2) is 0 Å². The molecule has 0 atom stereocenters. The Morgan fingerprint density at radius 3 is 2.36 bits per heavy atom. The van der Waals surface area contributed by atoms with Crippen LogP contribution in [0, 0.1) is 6.92 Å². The molecular formula is C10H15N3O. The van der Waals surface area contributed by atoms with Crippen molar-refractivity contribution < 1.29 is 4.79 Å². The van der Waals surface area contributed by atoms with Crippen molar-refractivity contribution >= 4 is 5.91 Å². The predicted molar refractivity (Wildman–Crippen MR) is 54.0 cm³/mol. The molecule has 1 N–H and O–H groups in total. The predicted octanol–water partition coefficient (Wildman–Crippen LogP) is 1.31. The fourth-order valence-electron chi connectivity index (χ4n) is 0.925. The monoisotopic (exact) mass is 193 g/mol. The van der Waals surface area contributed by atoms with Crippen molar-refractivity contribution in [2.75, 3.05) is 0 Å². The maximum absolute atomic E-state index is 11.6. The number of amides is 1. The summed E-state index contributed by atoms with van der Waals surface area (Å²) in [5.74, 6) is -0.190. The molecule has 4 nitrogen and oxygen atoms in total. The van der Waals surface area contributed by atoms with Crippen molar-refractivity contribution in [2.45, 2.75) is 33.2 Å². The van der Waals surface area contributed by atoms with Gasteiger partial charge in [-0.3, -0.25) is 4.79 Å². The normalized spacial score (nSPS) is 11.1. The molecule has 0 spiro atoms. The summed E-state index contributed by atoms with van der Waals surface area (Å²) < 4.78 is 0. The molecule has 0 bridgehead atoms. The lowest BCUT2D eigenvalue weighted by atomic mass is 10.1. The second kappa shape index (κ2) is 3.74. The van der Waals surface area contributed by atoms with E-state index in [4.69, 9.17) is 0 Å². The molecule has 1 rings (SSSR count). The van der Waals surface area contributed by atoms with Crippen LogP contribution in [0.2, 0.25) is 0 Å². The Kier molecular flexibility index (Phi) is 2.84. The maximum Gasteiger partial charge on any atom is 0.272 e. The van der Waals surface area contributed by atoms with Gasteiger partial charge in [-0.1, -0.05) is 0 Å². The SMILES string of the molecule is Cc1ccc(C(=O)NC(C)(C)C)nn1. The highest BCUT2D eigenvalue weighted by atomic mass is 16.2. The summed E-state index contributed by atoms with van der Waals surface area (Å²) in [4.78, 5) is 11.6. The Balaban J connectivity index is 2.76. The van der Waals surface area contributed by atoms with Crippen molar-refractivity contribution in [1.82, 2.24) is 15.5 Å². The summed E-state index contributed by atoms with van der Waals surface area (Å²) in [5.41, 5.74) is 0.909. The van der Waals surface area contributed by atoms with E-state index in [1.807, 2.05) is 27.7 Å². The molecule has 76 valence electrons. The van der Waals surface area contributed by atoms with Gasteiger partial charge in [0.25, 0.3) is 5.91 Å². The molecule has 0 aliphatic heterocycles. The molecule has 0 unspecified atom stereocenters. The molecule has 1 amide bonds. The van der Waals surface area contributed by atoms with Crippen molar-refractivity contribution in [3.8, 4) is 0 Å². The maximum atomic E-state index is 11.6. The third kappa shape index (κ3) is 3.12. The van der Waals surface area contributed by atoms with Crippen LogP contribution in [0.3, 0.4) is 0 Å². The van der Waals surface area contributed by atoms with Crippen LogP contribution in [0.15, 0.2) is 12.1 Å². The lowest BCUT2D eigenvalue weighted by Crippen LogP contribution is -2.41. The van der Waals surface area contributed by atoms with Gasteiger partial charge < -0.3 is 5.32 Å². The number of hydrogen-bond donors (Lipinski definition) is 1. The van der Waals surface area contributed by atoms with E-state index in [9.17, 15) is 4.79 Å². The highest BCUT2D eigenvalue weighted by molar-refractivity contribution is 5.92. The smallest absolute Gasteiger partial charge is 0.272 e. The topological polar surface area (TPSA) is 54.9 Å². The van der Waals surface area contributed by atoms with Crippen LogP contribution in [-0.4, -0.2) is 21.6 Å². The molecule has 0 fully saturated rings. The summed E-state index contributed by atoms with van der Waals surface area (Å²) in [6.45, 7) is 7.60. The number of aryl methyl sites for hydroxylation is 1. The van der Waals surface area contributed by atoms with Gasteiger partial charge in [-0.05, 0) is 39.8 Å². The second-order valence-electron chi connectivity index (χ2n) is 4.26. The number of aromatic nitrogens is 2. The van der Waals surface area contributed by atoms with Crippen LogP contribution in [0.4, 0.5) is 0 Å². The molecule has 14 heavy (non-hydrogen) atoms. The van der Waals surface area contributed by atoms with Crippen LogP contribution in [0.5, 0.6) is 0 Å². The Bertz CT molecular complexity index is 324. The fraction of sp³-hybridized carbons (Fsp3) is 0.500. The summed E-state index contributed by atoms with van der Waals surface area (Å²) in [7, 11) is 0. The minimum atomic E-state index is -0.246. The van der Waals surface area contributed by atoms with E-state index in [-0.39, 0.29) is 11.4 Å². The molecule has 0 aliphatic carbocycles. The van der Waals surface area contributed by atoms with Crippen molar-refractivity contribution in [3.63, 3.8) is 0 Å². The standard InChI is InChI=1S/C10H15N3O/c1-7-5-6-8(13-12-7)9(14)11-10(2,3)4/h5-6H,1-4H3,(H,11,14). The Morgan fingerprint density at radius 1 is 1.29 bits per heavy atom. The van der Waals surface area contributed by atoms with Crippen molar-refractivity contribution in [3.05, 3.63) is 23.5 Å². The average molecular weight is 193 g/mol. The minimum Gasteiger partial charge on any atom is -0.346 e. The summed E-state index contributed by atoms with van der Waals surface area (Å²) in [6, 6.07) is 3.44. The largest absolute Gasteiger partial charge is 0.346 e. The molecule has 1 heterocycles. The van der Waals surface area contributed by atoms with Gasteiger partial charge in [0.05, 0.1) is 5.69 Å². The Hall–Kier alpha value is -1.45. The number of carbonyl (C=O) groups excluding carboxylic acids is 1. The van der Waals surface area contributed by atoms with Crippen LogP contribution >= 0.6 is 0 Å². The minimum absolute atomic E-state index is 0.190. The van der Waals surface area contributed by atoms with E-state index in [1.54, 1.807) is 12.1 Å². The summed E-state index contributed by atoms with van der Waals surface area (Å²) in [6.07, 6.45) is 0. The average Bonchev–Trinajstić information content (AvgIpc) is 2.02. The third-order valence-electron chi connectivity index (χ3n) is 1.52. The van der Waals surface area contributed by atoms with Gasteiger partial charge in [0, 0.05) is 5.54 Å². The zero-order chi connectivity index (χ0) is 10.8. The quantitative estimate of drug-likeness (QED) is 0.731. The van der Waals surface area contributed by atoms with Gasteiger partial charge >= 0.3 is 0 Å². The summed E-state index contributed by atoms with van der Waals surface area (Å²) >= 11 is 0. The number of nitrogens with one attached hydrogen (secondary N) is 1. The van der Waals surface area contributed by atoms with E-state index in [2.05, 4.69) is 15.5 Å². The van der Waals surface area contributed by atoms with E-state index >= 15 is 0 Å². The fourth-order valence-corrected chi connectivity index (χ4v) is 0.925. The molecule has 0 radical (unpaired) electrons. The van der Waals surface area contributed by atoms with Gasteiger partial charge in [0.15, 0.2) is 5.69 Å². The van der Waals surface area contributed by atoms with Crippen molar-refractivity contribution in [2.24, 2.45) is 0 Å². The van der Waals surface area contributed by atoms with Crippen LogP contribution in [0.1, 0.15) is 37.0 Å². The van der Waals surface area contributed by atoms with Crippen molar-refractivity contribution in [1.29, 1.82) is 0 Å². The molecule has 1 aromatic heterocycles. The zero-order valence-electron chi connectivity index (χ0n) is 8.96. The van der Waals surface area contributed by atoms with E-state index in [1.165, 1.54) is 0 Å². The van der Waals surface area contributed by atoms with E-state index in [0.29, 0.717) is 5.69 Å².